The molecule has 4 heteroatoms. The van der Waals surface area contributed by atoms with E-state index in [-0.39, 0.29) is 0 Å². The van der Waals surface area contributed by atoms with Gasteiger partial charge in [-0.25, -0.2) is 0 Å². The molecule has 2 aromatic carbocycles. The van der Waals surface area contributed by atoms with Crippen molar-refractivity contribution in [1.29, 1.82) is 0 Å². The molecule has 0 saturated carbocycles. The Kier molecular flexibility index (Phi) is 9.62. The van der Waals surface area contributed by atoms with E-state index >= 15 is 0 Å². The van der Waals surface area contributed by atoms with Gasteiger partial charge in [-0.3, -0.25) is 0 Å². The van der Waals surface area contributed by atoms with E-state index in [4.69, 9.17) is 0 Å². The van der Waals surface area contributed by atoms with Gasteiger partial charge in [-0.05, 0) is 63.0 Å². The summed E-state index contributed by atoms with van der Waals surface area (Å²) in [4.78, 5) is 0. The highest BCUT2D eigenvalue weighted by Gasteiger charge is 1.96. The highest BCUT2D eigenvalue weighted by atomic mass is 14.9. The summed E-state index contributed by atoms with van der Waals surface area (Å²) in [5, 5.41) is 14.0. The molecule has 26 heavy (non-hydrogen) atoms. The molecule has 0 atom stereocenters. The zero-order valence-corrected chi connectivity index (χ0v) is 16.3. The average Bonchev–Trinajstić information content (AvgIpc) is 2.65. The van der Waals surface area contributed by atoms with E-state index < -0.39 is 0 Å². The van der Waals surface area contributed by atoms with Gasteiger partial charge >= 0.3 is 0 Å². The summed E-state index contributed by atoms with van der Waals surface area (Å²) in [5.41, 5.74) is 5.10. The lowest BCUT2D eigenvalue weighted by Gasteiger charge is -2.11. The average molecular weight is 355 g/mol. The van der Waals surface area contributed by atoms with Gasteiger partial charge in [0.05, 0.1) is 0 Å². The quantitative estimate of drug-likeness (QED) is 0.413. The summed E-state index contributed by atoms with van der Waals surface area (Å²) >= 11 is 0. The number of hydrogen-bond donors (Lipinski definition) is 4. The van der Waals surface area contributed by atoms with Gasteiger partial charge in [0.2, 0.25) is 0 Å². The fourth-order valence-electron chi connectivity index (χ4n) is 2.84. The molecular formula is C22H34N4. The van der Waals surface area contributed by atoms with E-state index in [2.05, 4.69) is 83.6 Å². The normalized spacial score (nSPS) is 10.7. The Hall–Kier alpha value is -2.04. The van der Waals surface area contributed by atoms with Crippen LogP contribution in [0.2, 0.25) is 0 Å². The number of nitrogens with one attached hydrogen (secondary N) is 4. The highest BCUT2D eigenvalue weighted by Crippen LogP contribution is 2.13. The van der Waals surface area contributed by atoms with Crippen LogP contribution < -0.4 is 21.3 Å². The lowest BCUT2D eigenvalue weighted by molar-refractivity contribution is 0.595. The molecule has 0 bridgehead atoms. The maximum absolute atomic E-state index is 3.49. The number of anilines is 2. The van der Waals surface area contributed by atoms with E-state index in [0.29, 0.717) is 0 Å². The third-order valence-electron chi connectivity index (χ3n) is 4.46. The molecular weight excluding hydrogens is 320 g/mol. The number of hydrogen-bond acceptors (Lipinski definition) is 4. The van der Waals surface area contributed by atoms with Crippen LogP contribution in [0.15, 0.2) is 48.5 Å². The van der Waals surface area contributed by atoms with Crippen molar-refractivity contribution in [3.05, 3.63) is 59.7 Å². The number of rotatable bonds is 13. The van der Waals surface area contributed by atoms with Crippen molar-refractivity contribution in [2.24, 2.45) is 0 Å². The van der Waals surface area contributed by atoms with E-state index in [1.54, 1.807) is 0 Å². The van der Waals surface area contributed by atoms with Crippen LogP contribution in [0.5, 0.6) is 0 Å². The van der Waals surface area contributed by atoms with Crippen LogP contribution in [0.4, 0.5) is 11.4 Å². The van der Waals surface area contributed by atoms with Crippen LogP contribution in [-0.4, -0.2) is 39.3 Å². The first-order valence-electron chi connectivity index (χ1n) is 9.78. The summed E-state index contributed by atoms with van der Waals surface area (Å²) in [7, 11) is 0. The van der Waals surface area contributed by atoms with Crippen LogP contribution in [0.25, 0.3) is 0 Å². The molecule has 0 amide bonds. The van der Waals surface area contributed by atoms with Crippen LogP contribution >= 0.6 is 0 Å². The van der Waals surface area contributed by atoms with Gasteiger partial charge in [0.25, 0.3) is 0 Å². The Balaban J connectivity index is 1.37. The van der Waals surface area contributed by atoms with Crippen molar-refractivity contribution >= 4 is 11.4 Å². The molecule has 0 aromatic heterocycles. The fraction of sp³-hybridized carbons (Fsp3) is 0.455. The van der Waals surface area contributed by atoms with E-state index in [1.165, 1.54) is 22.5 Å². The molecule has 0 aliphatic rings. The summed E-state index contributed by atoms with van der Waals surface area (Å²) in [6.45, 7) is 10.5. The lowest BCUT2D eigenvalue weighted by atomic mass is 10.2. The molecule has 142 valence electrons. The standard InChI is InChI=1S/C22H34N4/c1-19-9-3-5-11-21(19)25-15-7-13-23-17-18-24-14-8-16-26-22-12-6-4-10-20(22)2/h3-6,9-12,23-26H,7-8,13-18H2,1-2H3. The maximum atomic E-state index is 3.49. The van der Waals surface area contributed by atoms with Crippen LogP contribution in [0.3, 0.4) is 0 Å². The number of benzene rings is 2. The second-order valence-electron chi connectivity index (χ2n) is 6.69. The fourth-order valence-corrected chi connectivity index (χ4v) is 2.84. The zero-order valence-electron chi connectivity index (χ0n) is 16.3. The molecule has 0 aliphatic heterocycles. The number of para-hydroxylation sites is 2. The SMILES string of the molecule is Cc1ccccc1NCCCNCCNCCCNc1ccccc1C. The highest BCUT2D eigenvalue weighted by molar-refractivity contribution is 5.50. The molecule has 0 aliphatic carbocycles. The molecule has 0 heterocycles. The predicted molar refractivity (Wildman–Crippen MR) is 114 cm³/mol. The first-order chi connectivity index (χ1) is 12.8. The molecule has 0 saturated heterocycles. The smallest absolute Gasteiger partial charge is 0.0369 e. The van der Waals surface area contributed by atoms with Crippen LogP contribution in [0.1, 0.15) is 24.0 Å². The largest absolute Gasteiger partial charge is 0.385 e. The Bertz CT molecular complexity index is 572. The minimum Gasteiger partial charge on any atom is -0.385 e. The van der Waals surface area contributed by atoms with Gasteiger partial charge in [0, 0.05) is 37.6 Å². The van der Waals surface area contributed by atoms with Crippen LogP contribution in [0, 0.1) is 13.8 Å². The van der Waals surface area contributed by atoms with Gasteiger partial charge in [-0.15, -0.1) is 0 Å². The first kappa shape index (κ1) is 20.3. The molecule has 2 aromatic rings. The minimum absolute atomic E-state index is 1.01. The molecule has 2 rings (SSSR count). The Morgan fingerprint density at radius 3 is 1.38 bits per heavy atom. The minimum atomic E-state index is 1.01. The summed E-state index contributed by atoms with van der Waals surface area (Å²) in [5.74, 6) is 0. The lowest BCUT2D eigenvalue weighted by Crippen LogP contribution is -2.29. The van der Waals surface area contributed by atoms with Gasteiger partial charge in [0.1, 0.15) is 0 Å². The Morgan fingerprint density at radius 1 is 0.538 bits per heavy atom. The van der Waals surface area contributed by atoms with Crippen molar-refractivity contribution < 1.29 is 0 Å². The summed E-state index contributed by atoms with van der Waals surface area (Å²) in [6, 6.07) is 16.9. The monoisotopic (exact) mass is 354 g/mol. The van der Waals surface area contributed by atoms with Gasteiger partial charge in [-0.1, -0.05) is 36.4 Å². The first-order valence-corrected chi connectivity index (χ1v) is 9.78. The summed E-state index contributed by atoms with van der Waals surface area (Å²) in [6.07, 6.45) is 2.27. The molecule has 0 spiro atoms. The molecule has 4 nitrogen and oxygen atoms in total. The third-order valence-corrected chi connectivity index (χ3v) is 4.46. The van der Waals surface area contributed by atoms with Gasteiger partial charge < -0.3 is 21.3 Å². The number of aryl methyl sites for hydroxylation is 2. The van der Waals surface area contributed by atoms with E-state index in [9.17, 15) is 0 Å². The van der Waals surface area contributed by atoms with E-state index in [1.807, 2.05) is 0 Å². The zero-order chi connectivity index (χ0) is 18.5. The maximum Gasteiger partial charge on any atom is 0.0369 e. The van der Waals surface area contributed by atoms with Crippen LogP contribution in [-0.2, 0) is 0 Å². The summed E-state index contributed by atoms with van der Waals surface area (Å²) < 4.78 is 0. The molecule has 0 unspecified atom stereocenters. The van der Waals surface area contributed by atoms with Crippen molar-refractivity contribution in [2.75, 3.05) is 49.9 Å². The second-order valence-corrected chi connectivity index (χ2v) is 6.69. The molecule has 4 N–H and O–H groups in total. The van der Waals surface area contributed by atoms with E-state index in [0.717, 1.165) is 52.1 Å². The predicted octanol–water partition coefficient (Wildman–Crippen LogP) is 3.79. The Morgan fingerprint density at radius 2 is 0.962 bits per heavy atom. The van der Waals surface area contributed by atoms with Crippen molar-refractivity contribution in [2.45, 2.75) is 26.7 Å². The Labute approximate surface area is 158 Å². The second kappa shape index (κ2) is 12.3. The van der Waals surface area contributed by atoms with Crippen molar-refractivity contribution in [1.82, 2.24) is 10.6 Å². The third kappa shape index (κ3) is 7.89. The topological polar surface area (TPSA) is 48.1 Å². The molecule has 0 radical (unpaired) electrons. The van der Waals surface area contributed by atoms with Gasteiger partial charge in [0.15, 0.2) is 0 Å². The van der Waals surface area contributed by atoms with Crippen molar-refractivity contribution in [3.63, 3.8) is 0 Å². The van der Waals surface area contributed by atoms with Crippen molar-refractivity contribution in [3.8, 4) is 0 Å². The molecule has 0 fully saturated rings. The van der Waals surface area contributed by atoms with Gasteiger partial charge in [-0.2, -0.15) is 0 Å².